The Balaban J connectivity index is 1.67. The minimum Gasteiger partial charge on any atom is -0.344 e. The van der Waals surface area contributed by atoms with Crippen molar-refractivity contribution in [1.29, 1.82) is 0 Å². The maximum Gasteiger partial charge on any atom is 0.248 e. The average molecular weight is 382 g/mol. The van der Waals surface area contributed by atoms with Crippen molar-refractivity contribution in [3.63, 3.8) is 0 Å². The molecule has 3 heterocycles. The molecule has 3 aromatic heterocycles. The van der Waals surface area contributed by atoms with Gasteiger partial charge in [-0.2, -0.15) is 0 Å². The number of aromatic nitrogens is 7. The fourth-order valence-electron chi connectivity index (χ4n) is 4.14. The third-order valence-electron chi connectivity index (χ3n) is 5.56. The fraction of sp³-hybridized carbons (Fsp3) is 0.579. The molecule has 4 rings (SSSR count). The first-order valence-electron chi connectivity index (χ1n) is 9.94. The fourth-order valence-corrected chi connectivity index (χ4v) is 4.14. The molecule has 0 aliphatic heterocycles. The highest BCUT2D eigenvalue weighted by atomic mass is 16.2. The number of carbonyl (C=O) groups is 1. The van der Waals surface area contributed by atoms with E-state index in [1.807, 2.05) is 28.8 Å². The largest absolute Gasteiger partial charge is 0.344 e. The van der Waals surface area contributed by atoms with E-state index in [4.69, 9.17) is 0 Å². The van der Waals surface area contributed by atoms with Crippen molar-refractivity contribution in [3.05, 3.63) is 36.5 Å². The number of nitrogens with one attached hydrogen (secondary N) is 1. The number of rotatable bonds is 6. The molecule has 0 bridgehead atoms. The van der Waals surface area contributed by atoms with Gasteiger partial charge in [0.25, 0.3) is 0 Å². The summed E-state index contributed by atoms with van der Waals surface area (Å²) in [6.07, 6.45) is 8.81. The highest BCUT2D eigenvalue weighted by molar-refractivity contribution is 5.84. The van der Waals surface area contributed by atoms with Crippen LogP contribution in [0.3, 0.4) is 0 Å². The lowest BCUT2D eigenvalue weighted by atomic mass is 9.80. The normalized spacial score (nSPS) is 17.7. The molecule has 1 fully saturated rings. The number of amides is 1. The van der Waals surface area contributed by atoms with Crippen LogP contribution in [0.4, 0.5) is 0 Å². The maximum atomic E-state index is 13.6. The summed E-state index contributed by atoms with van der Waals surface area (Å²) < 4.78 is 3.58. The van der Waals surface area contributed by atoms with Crippen molar-refractivity contribution < 1.29 is 4.79 Å². The topological polar surface area (TPSA) is 103 Å². The summed E-state index contributed by atoms with van der Waals surface area (Å²) in [4.78, 5) is 13.6. The lowest BCUT2D eigenvalue weighted by molar-refractivity contribution is -0.133. The molecule has 1 aliphatic carbocycles. The molecule has 148 valence electrons. The molecular weight excluding hydrogens is 356 g/mol. The van der Waals surface area contributed by atoms with Gasteiger partial charge in [-0.1, -0.05) is 39.2 Å². The third kappa shape index (κ3) is 3.36. The molecule has 1 N–H and O–H groups in total. The maximum absolute atomic E-state index is 13.6. The van der Waals surface area contributed by atoms with E-state index < -0.39 is 5.54 Å². The standard InChI is InChI=1S/C19H26N8O/c1-14(2)12-15(17-23-22-16-8-4-7-11-26(16)17)21-18(28)19(9-5-3-6-10-19)27-13-20-24-25-27/h4,7-8,11,13-15H,3,5-6,9-10,12H2,1-2H3,(H,21,28)/t15-/m0/s1. The molecule has 0 saturated heterocycles. The van der Waals surface area contributed by atoms with Crippen LogP contribution >= 0.6 is 0 Å². The first kappa shape index (κ1) is 18.5. The monoisotopic (exact) mass is 382 g/mol. The van der Waals surface area contributed by atoms with Gasteiger partial charge in [-0.15, -0.1) is 15.3 Å². The van der Waals surface area contributed by atoms with Crippen LogP contribution in [-0.4, -0.2) is 40.7 Å². The molecule has 1 aliphatic rings. The van der Waals surface area contributed by atoms with Gasteiger partial charge < -0.3 is 5.32 Å². The van der Waals surface area contributed by atoms with Crippen molar-refractivity contribution in [2.45, 2.75) is 64.0 Å². The smallest absolute Gasteiger partial charge is 0.248 e. The quantitative estimate of drug-likeness (QED) is 0.701. The molecule has 0 spiro atoms. The Morgan fingerprint density at radius 3 is 2.75 bits per heavy atom. The van der Waals surface area contributed by atoms with E-state index in [9.17, 15) is 4.79 Å². The second-order valence-electron chi connectivity index (χ2n) is 7.99. The summed E-state index contributed by atoms with van der Waals surface area (Å²) in [5.74, 6) is 1.09. The summed E-state index contributed by atoms with van der Waals surface area (Å²) in [6, 6.07) is 5.55. The molecule has 28 heavy (non-hydrogen) atoms. The van der Waals surface area contributed by atoms with Gasteiger partial charge in [0, 0.05) is 6.20 Å². The number of hydrogen-bond acceptors (Lipinski definition) is 6. The first-order chi connectivity index (χ1) is 13.6. The van der Waals surface area contributed by atoms with E-state index in [2.05, 4.69) is 44.9 Å². The molecule has 9 nitrogen and oxygen atoms in total. The number of carbonyl (C=O) groups excluding carboxylic acids is 1. The highest BCUT2D eigenvalue weighted by Gasteiger charge is 2.43. The van der Waals surface area contributed by atoms with Gasteiger partial charge in [-0.25, -0.2) is 4.68 Å². The van der Waals surface area contributed by atoms with Crippen molar-refractivity contribution in [2.24, 2.45) is 5.92 Å². The summed E-state index contributed by atoms with van der Waals surface area (Å²) in [5.41, 5.74) is 0.0330. The van der Waals surface area contributed by atoms with Gasteiger partial charge in [0.05, 0.1) is 6.04 Å². The van der Waals surface area contributed by atoms with Gasteiger partial charge >= 0.3 is 0 Å². The Hall–Kier alpha value is -2.84. The van der Waals surface area contributed by atoms with Crippen LogP contribution in [0.1, 0.15) is 64.2 Å². The van der Waals surface area contributed by atoms with Gasteiger partial charge in [-0.3, -0.25) is 9.20 Å². The number of pyridine rings is 1. The lowest BCUT2D eigenvalue weighted by Crippen LogP contribution is -2.51. The number of nitrogens with zero attached hydrogens (tertiary/aromatic N) is 7. The number of fused-ring (bicyclic) bond motifs is 1. The zero-order chi connectivity index (χ0) is 19.6. The van der Waals surface area contributed by atoms with E-state index in [0.29, 0.717) is 5.92 Å². The van der Waals surface area contributed by atoms with Crippen molar-refractivity contribution in [1.82, 2.24) is 40.1 Å². The van der Waals surface area contributed by atoms with Gasteiger partial charge in [-0.05, 0) is 47.7 Å². The van der Waals surface area contributed by atoms with E-state index >= 15 is 0 Å². The minimum absolute atomic E-state index is 0.0437. The van der Waals surface area contributed by atoms with Crippen molar-refractivity contribution in [2.75, 3.05) is 0 Å². The second kappa shape index (κ2) is 7.65. The molecule has 0 radical (unpaired) electrons. The highest BCUT2D eigenvalue weighted by Crippen LogP contribution is 2.35. The first-order valence-corrected chi connectivity index (χ1v) is 9.94. The zero-order valence-electron chi connectivity index (χ0n) is 16.3. The molecule has 0 aromatic carbocycles. The molecule has 0 unspecified atom stereocenters. The molecule has 1 atom stereocenters. The van der Waals surface area contributed by atoms with Gasteiger partial charge in [0.2, 0.25) is 5.91 Å². The van der Waals surface area contributed by atoms with Crippen molar-refractivity contribution >= 4 is 11.6 Å². The average Bonchev–Trinajstić information content (AvgIpc) is 3.38. The van der Waals surface area contributed by atoms with Crippen LogP contribution in [0.2, 0.25) is 0 Å². The van der Waals surface area contributed by atoms with E-state index in [1.165, 1.54) is 0 Å². The Morgan fingerprint density at radius 2 is 2.04 bits per heavy atom. The second-order valence-corrected chi connectivity index (χ2v) is 7.99. The zero-order valence-corrected chi connectivity index (χ0v) is 16.3. The summed E-state index contributed by atoms with van der Waals surface area (Å²) in [7, 11) is 0. The molecule has 1 saturated carbocycles. The van der Waals surface area contributed by atoms with E-state index in [-0.39, 0.29) is 11.9 Å². The number of hydrogen-bond donors (Lipinski definition) is 1. The van der Waals surface area contributed by atoms with E-state index in [0.717, 1.165) is 50.0 Å². The van der Waals surface area contributed by atoms with Crippen LogP contribution in [-0.2, 0) is 10.3 Å². The summed E-state index contributed by atoms with van der Waals surface area (Å²) >= 11 is 0. The number of tetrazole rings is 1. The Kier molecular flexibility index (Phi) is 5.06. The molecule has 9 heteroatoms. The Labute approximate surface area is 163 Å². The van der Waals surface area contributed by atoms with Crippen LogP contribution in [0, 0.1) is 5.92 Å². The van der Waals surface area contributed by atoms with Gasteiger partial charge in [0.1, 0.15) is 11.9 Å². The van der Waals surface area contributed by atoms with Crippen LogP contribution in [0.25, 0.3) is 5.65 Å². The predicted molar refractivity (Wildman–Crippen MR) is 102 cm³/mol. The summed E-state index contributed by atoms with van der Waals surface area (Å²) in [6.45, 7) is 4.28. The van der Waals surface area contributed by atoms with Crippen LogP contribution in [0.15, 0.2) is 30.7 Å². The third-order valence-corrected chi connectivity index (χ3v) is 5.56. The van der Waals surface area contributed by atoms with Crippen molar-refractivity contribution in [3.8, 4) is 0 Å². The lowest BCUT2D eigenvalue weighted by Gasteiger charge is -2.36. The van der Waals surface area contributed by atoms with Gasteiger partial charge in [0.15, 0.2) is 11.5 Å². The predicted octanol–water partition coefficient (Wildman–Crippen LogP) is 2.28. The SMILES string of the molecule is CC(C)C[C@H](NC(=O)C1(n2cnnn2)CCCCC1)c1nnc2ccccn12. The molecule has 3 aromatic rings. The van der Waals surface area contributed by atoms with Crippen LogP contribution < -0.4 is 5.32 Å². The molecular formula is C19H26N8O. The Bertz CT molecular complexity index is 926. The van der Waals surface area contributed by atoms with E-state index in [1.54, 1.807) is 11.0 Å². The Morgan fingerprint density at radius 1 is 1.21 bits per heavy atom. The summed E-state index contributed by atoms with van der Waals surface area (Å²) in [5, 5.41) is 23.5. The van der Waals surface area contributed by atoms with Crippen LogP contribution in [0.5, 0.6) is 0 Å². The molecule has 1 amide bonds. The minimum atomic E-state index is -0.739.